The minimum absolute atomic E-state index is 0.122. The maximum atomic E-state index is 11.9. The fraction of sp³-hybridized carbons (Fsp3) is 0.421. The molecule has 0 aliphatic carbocycles. The first-order valence-corrected chi connectivity index (χ1v) is 8.54. The molecule has 0 bridgehead atoms. The number of nitrogens with zero attached hydrogens (tertiary/aromatic N) is 1. The fourth-order valence-electron chi connectivity index (χ4n) is 3.08. The third-order valence-electron chi connectivity index (χ3n) is 4.58. The number of carbonyl (C=O) groups is 1. The molecule has 2 heterocycles. The molecule has 5 nitrogen and oxygen atoms in total. The van der Waals surface area contributed by atoms with Gasteiger partial charge in [-0.25, -0.2) is 4.79 Å². The van der Waals surface area contributed by atoms with Gasteiger partial charge >= 0.3 is 6.03 Å². The molecule has 128 valence electrons. The number of hydrogen-bond acceptors (Lipinski definition) is 3. The van der Waals surface area contributed by atoms with Gasteiger partial charge in [0.15, 0.2) is 0 Å². The summed E-state index contributed by atoms with van der Waals surface area (Å²) in [5.41, 5.74) is 2.73. The SMILES string of the molecule is Cc1ccccc1CN1CCC(NC(=O)NCc2ccco2)CC1. The number of furan rings is 1. The zero-order valence-corrected chi connectivity index (χ0v) is 14.1. The van der Waals surface area contributed by atoms with Crippen LogP contribution in [0.15, 0.2) is 47.1 Å². The van der Waals surface area contributed by atoms with E-state index in [2.05, 4.69) is 46.7 Å². The normalized spacial score (nSPS) is 16.0. The molecular formula is C19H25N3O2. The van der Waals surface area contributed by atoms with Crippen LogP contribution >= 0.6 is 0 Å². The number of amides is 2. The number of hydrogen-bond donors (Lipinski definition) is 2. The highest BCUT2D eigenvalue weighted by molar-refractivity contribution is 5.74. The summed E-state index contributed by atoms with van der Waals surface area (Å²) in [6.45, 7) is 5.59. The molecule has 3 rings (SSSR count). The second-order valence-corrected chi connectivity index (χ2v) is 6.38. The van der Waals surface area contributed by atoms with Gasteiger partial charge in [0.25, 0.3) is 0 Å². The van der Waals surface area contributed by atoms with Gasteiger partial charge < -0.3 is 15.1 Å². The van der Waals surface area contributed by atoms with Crippen molar-refractivity contribution in [2.24, 2.45) is 0 Å². The van der Waals surface area contributed by atoms with Gasteiger partial charge in [-0.05, 0) is 43.0 Å². The Morgan fingerprint density at radius 1 is 1.21 bits per heavy atom. The van der Waals surface area contributed by atoms with Gasteiger partial charge in [0, 0.05) is 25.7 Å². The Morgan fingerprint density at radius 2 is 2.00 bits per heavy atom. The summed E-state index contributed by atoms with van der Waals surface area (Å²) in [7, 11) is 0. The summed E-state index contributed by atoms with van der Waals surface area (Å²) < 4.78 is 5.20. The van der Waals surface area contributed by atoms with E-state index in [1.54, 1.807) is 6.26 Å². The van der Waals surface area contributed by atoms with E-state index in [9.17, 15) is 4.79 Å². The number of carbonyl (C=O) groups excluding carboxylic acids is 1. The van der Waals surface area contributed by atoms with Crippen LogP contribution in [-0.4, -0.2) is 30.1 Å². The van der Waals surface area contributed by atoms with E-state index in [-0.39, 0.29) is 12.1 Å². The van der Waals surface area contributed by atoms with Gasteiger partial charge in [-0.2, -0.15) is 0 Å². The highest BCUT2D eigenvalue weighted by atomic mass is 16.3. The second kappa shape index (κ2) is 8.02. The molecule has 0 unspecified atom stereocenters. The fourth-order valence-corrected chi connectivity index (χ4v) is 3.08. The minimum Gasteiger partial charge on any atom is -0.467 e. The Morgan fingerprint density at radius 3 is 2.71 bits per heavy atom. The van der Waals surface area contributed by atoms with E-state index >= 15 is 0 Å². The van der Waals surface area contributed by atoms with Crippen molar-refractivity contribution < 1.29 is 9.21 Å². The van der Waals surface area contributed by atoms with Gasteiger partial charge in [0.2, 0.25) is 0 Å². The van der Waals surface area contributed by atoms with Crippen LogP contribution in [0, 0.1) is 6.92 Å². The number of nitrogens with one attached hydrogen (secondary N) is 2. The van der Waals surface area contributed by atoms with Crippen LogP contribution in [0.3, 0.4) is 0 Å². The molecule has 1 aromatic carbocycles. The lowest BCUT2D eigenvalue weighted by Crippen LogP contribution is -2.47. The van der Waals surface area contributed by atoms with E-state index < -0.39 is 0 Å². The van der Waals surface area contributed by atoms with E-state index in [4.69, 9.17) is 4.42 Å². The Hall–Kier alpha value is -2.27. The molecule has 2 amide bonds. The standard InChI is InChI=1S/C19H25N3O2/c1-15-5-2-3-6-16(15)14-22-10-8-17(9-11-22)21-19(23)20-13-18-7-4-12-24-18/h2-7,12,17H,8-11,13-14H2,1H3,(H2,20,21,23). The predicted molar refractivity (Wildman–Crippen MR) is 93.6 cm³/mol. The largest absolute Gasteiger partial charge is 0.467 e. The summed E-state index contributed by atoms with van der Waals surface area (Å²) in [5, 5.41) is 5.89. The van der Waals surface area contributed by atoms with Crippen LogP contribution in [0.1, 0.15) is 29.7 Å². The summed E-state index contributed by atoms with van der Waals surface area (Å²) >= 11 is 0. The third kappa shape index (κ3) is 4.61. The monoisotopic (exact) mass is 327 g/mol. The molecule has 0 radical (unpaired) electrons. The topological polar surface area (TPSA) is 57.5 Å². The van der Waals surface area contributed by atoms with E-state index in [1.165, 1.54) is 11.1 Å². The van der Waals surface area contributed by atoms with E-state index in [1.807, 2.05) is 12.1 Å². The molecule has 5 heteroatoms. The van der Waals surface area contributed by atoms with Crippen molar-refractivity contribution in [1.29, 1.82) is 0 Å². The van der Waals surface area contributed by atoms with E-state index in [0.29, 0.717) is 6.54 Å². The molecule has 0 saturated carbocycles. The van der Waals surface area contributed by atoms with Crippen molar-refractivity contribution in [3.05, 3.63) is 59.5 Å². The van der Waals surface area contributed by atoms with Gasteiger partial charge in [-0.15, -0.1) is 0 Å². The molecule has 24 heavy (non-hydrogen) atoms. The molecule has 0 spiro atoms. The molecule has 2 N–H and O–H groups in total. The summed E-state index contributed by atoms with van der Waals surface area (Å²) in [4.78, 5) is 14.4. The lowest BCUT2D eigenvalue weighted by Gasteiger charge is -2.32. The highest BCUT2D eigenvalue weighted by Crippen LogP contribution is 2.16. The average molecular weight is 327 g/mol. The van der Waals surface area contributed by atoms with Gasteiger partial charge in [-0.1, -0.05) is 24.3 Å². The zero-order valence-electron chi connectivity index (χ0n) is 14.1. The number of rotatable bonds is 5. The van der Waals surface area contributed by atoms with Crippen molar-refractivity contribution >= 4 is 6.03 Å². The molecule has 1 fully saturated rings. The van der Waals surface area contributed by atoms with Crippen LogP contribution < -0.4 is 10.6 Å². The molecule has 1 saturated heterocycles. The van der Waals surface area contributed by atoms with Gasteiger partial charge in [0.1, 0.15) is 5.76 Å². The van der Waals surface area contributed by atoms with Crippen LogP contribution in [0.5, 0.6) is 0 Å². The second-order valence-electron chi connectivity index (χ2n) is 6.38. The third-order valence-corrected chi connectivity index (χ3v) is 4.58. The van der Waals surface area contributed by atoms with E-state index in [0.717, 1.165) is 38.2 Å². The number of aryl methyl sites for hydroxylation is 1. The van der Waals surface area contributed by atoms with Crippen LogP contribution in [-0.2, 0) is 13.1 Å². The predicted octanol–water partition coefficient (Wildman–Crippen LogP) is 3.05. The van der Waals surface area contributed by atoms with Crippen molar-refractivity contribution in [1.82, 2.24) is 15.5 Å². The number of likely N-dealkylation sites (tertiary alicyclic amines) is 1. The lowest BCUT2D eigenvalue weighted by atomic mass is 10.0. The Balaban J connectivity index is 1.39. The summed E-state index contributed by atoms with van der Waals surface area (Å²) in [6.07, 6.45) is 3.58. The first-order chi connectivity index (χ1) is 11.7. The molecule has 0 atom stereocenters. The van der Waals surface area contributed by atoms with Gasteiger partial charge in [0.05, 0.1) is 12.8 Å². The zero-order chi connectivity index (χ0) is 16.8. The molecule has 1 aliphatic heterocycles. The summed E-state index contributed by atoms with van der Waals surface area (Å²) in [5.74, 6) is 0.762. The molecule has 2 aromatic rings. The quantitative estimate of drug-likeness (QED) is 0.887. The van der Waals surface area contributed by atoms with Crippen LogP contribution in [0.25, 0.3) is 0 Å². The number of urea groups is 1. The number of piperidine rings is 1. The Kier molecular flexibility index (Phi) is 5.54. The smallest absolute Gasteiger partial charge is 0.315 e. The van der Waals surface area contributed by atoms with Crippen molar-refractivity contribution in [2.45, 2.75) is 38.9 Å². The molecular weight excluding hydrogens is 302 g/mol. The maximum absolute atomic E-state index is 11.9. The average Bonchev–Trinajstić information content (AvgIpc) is 3.10. The number of benzene rings is 1. The first-order valence-electron chi connectivity index (χ1n) is 8.54. The van der Waals surface area contributed by atoms with Crippen LogP contribution in [0.4, 0.5) is 4.79 Å². The van der Waals surface area contributed by atoms with Crippen molar-refractivity contribution in [3.63, 3.8) is 0 Å². The van der Waals surface area contributed by atoms with Gasteiger partial charge in [-0.3, -0.25) is 4.90 Å². The maximum Gasteiger partial charge on any atom is 0.315 e. The van der Waals surface area contributed by atoms with Crippen molar-refractivity contribution in [3.8, 4) is 0 Å². The lowest BCUT2D eigenvalue weighted by molar-refractivity contribution is 0.186. The minimum atomic E-state index is -0.122. The summed E-state index contributed by atoms with van der Waals surface area (Å²) in [6, 6.07) is 12.3. The Labute approximate surface area is 143 Å². The molecule has 1 aliphatic rings. The first kappa shape index (κ1) is 16.6. The van der Waals surface area contributed by atoms with Crippen molar-refractivity contribution in [2.75, 3.05) is 13.1 Å². The Bertz CT molecular complexity index is 646. The van der Waals surface area contributed by atoms with Crippen LogP contribution in [0.2, 0.25) is 0 Å². The highest BCUT2D eigenvalue weighted by Gasteiger charge is 2.21. The molecule has 1 aromatic heterocycles.